The Balaban J connectivity index is 1.49. The topological polar surface area (TPSA) is 50.8 Å². The zero-order valence-electron chi connectivity index (χ0n) is 11.5. The molecule has 1 amide bonds. The molecule has 5 heteroatoms. The molecule has 3 heterocycles. The number of amides is 1. The number of rotatable bonds is 2. The monoisotopic (exact) mass is 268 g/mol. The summed E-state index contributed by atoms with van der Waals surface area (Å²) in [5.41, 5.74) is 0.0706. The lowest BCUT2D eigenvalue weighted by Gasteiger charge is -2.33. The van der Waals surface area contributed by atoms with Crippen molar-refractivity contribution in [3.8, 4) is 0 Å². The van der Waals surface area contributed by atoms with E-state index in [4.69, 9.17) is 9.47 Å². The van der Waals surface area contributed by atoms with Gasteiger partial charge in [0.05, 0.1) is 25.4 Å². The Hall–Kier alpha value is -0.650. The van der Waals surface area contributed by atoms with Gasteiger partial charge in [0.1, 0.15) is 0 Å². The van der Waals surface area contributed by atoms with Crippen LogP contribution in [0.5, 0.6) is 0 Å². The number of hydrogen-bond donors (Lipinski definition) is 1. The summed E-state index contributed by atoms with van der Waals surface area (Å²) < 4.78 is 11.3. The van der Waals surface area contributed by atoms with E-state index < -0.39 is 0 Å². The standard InChI is InChI=1S/C14H24N2O3/c17-13(16-5-7-18-8-6-16)9-12-10-14(19-11-12)1-3-15-4-2-14/h12,15H,1-11H2/t12-/m1/s1. The van der Waals surface area contributed by atoms with Gasteiger partial charge in [-0.3, -0.25) is 4.79 Å². The smallest absolute Gasteiger partial charge is 0.223 e. The van der Waals surface area contributed by atoms with Crippen LogP contribution in [0.25, 0.3) is 0 Å². The molecule has 3 rings (SSSR count). The second-order valence-electron chi connectivity index (χ2n) is 6.01. The van der Waals surface area contributed by atoms with E-state index in [1.54, 1.807) is 0 Å². The fraction of sp³-hybridized carbons (Fsp3) is 0.929. The van der Waals surface area contributed by atoms with Gasteiger partial charge in [-0.2, -0.15) is 0 Å². The minimum absolute atomic E-state index is 0.0706. The van der Waals surface area contributed by atoms with Crippen LogP contribution in [-0.4, -0.2) is 62.4 Å². The van der Waals surface area contributed by atoms with Crippen molar-refractivity contribution in [3.05, 3.63) is 0 Å². The van der Waals surface area contributed by atoms with Crippen LogP contribution < -0.4 is 5.32 Å². The van der Waals surface area contributed by atoms with Crippen molar-refractivity contribution < 1.29 is 14.3 Å². The van der Waals surface area contributed by atoms with E-state index >= 15 is 0 Å². The van der Waals surface area contributed by atoms with Gasteiger partial charge in [-0.15, -0.1) is 0 Å². The first-order chi connectivity index (χ1) is 9.27. The molecule has 0 unspecified atom stereocenters. The first-order valence-corrected chi connectivity index (χ1v) is 7.48. The molecule has 0 aromatic carbocycles. The number of piperidine rings is 1. The molecule has 3 aliphatic heterocycles. The van der Waals surface area contributed by atoms with E-state index in [1.165, 1.54) is 0 Å². The highest BCUT2D eigenvalue weighted by atomic mass is 16.5. The fourth-order valence-electron chi connectivity index (χ4n) is 3.49. The summed E-state index contributed by atoms with van der Waals surface area (Å²) in [5, 5.41) is 3.37. The van der Waals surface area contributed by atoms with Gasteiger partial charge in [-0.05, 0) is 38.3 Å². The molecule has 3 fully saturated rings. The summed E-state index contributed by atoms with van der Waals surface area (Å²) in [6.07, 6.45) is 3.89. The lowest BCUT2D eigenvalue weighted by molar-refractivity contribution is -0.136. The molecule has 0 aromatic rings. The van der Waals surface area contributed by atoms with Crippen molar-refractivity contribution in [2.75, 3.05) is 46.0 Å². The molecule has 0 bridgehead atoms. The molecular weight excluding hydrogens is 244 g/mol. The number of carbonyl (C=O) groups excluding carboxylic acids is 1. The molecule has 1 spiro atoms. The van der Waals surface area contributed by atoms with Crippen molar-refractivity contribution in [2.45, 2.75) is 31.3 Å². The molecule has 0 radical (unpaired) electrons. The van der Waals surface area contributed by atoms with Crippen molar-refractivity contribution in [3.63, 3.8) is 0 Å². The van der Waals surface area contributed by atoms with E-state index in [-0.39, 0.29) is 11.5 Å². The fourth-order valence-corrected chi connectivity index (χ4v) is 3.49. The summed E-state index contributed by atoms with van der Waals surface area (Å²) in [5.74, 6) is 0.691. The second kappa shape index (κ2) is 5.77. The van der Waals surface area contributed by atoms with Gasteiger partial charge in [0.15, 0.2) is 0 Å². The average Bonchev–Trinajstić information content (AvgIpc) is 2.83. The molecule has 19 heavy (non-hydrogen) atoms. The van der Waals surface area contributed by atoms with Crippen LogP contribution in [0, 0.1) is 5.92 Å². The first kappa shape index (κ1) is 13.3. The van der Waals surface area contributed by atoms with E-state index in [2.05, 4.69) is 5.32 Å². The minimum Gasteiger partial charge on any atom is -0.378 e. The Labute approximate surface area is 114 Å². The predicted octanol–water partition coefficient (Wildman–Crippen LogP) is 0.394. The number of nitrogens with zero attached hydrogens (tertiary/aromatic N) is 1. The lowest BCUT2D eigenvalue weighted by Crippen LogP contribution is -2.42. The Bertz CT molecular complexity index is 323. The molecular formula is C14H24N2O3. The first-order valence-electron chi connectivity index (χ1n) is 7.48. The predicted molar refractivity (Wildman–Crippen MR) is 70.9 cm³/mol. The number of ether oxygens (including phenoxy) is 2. The summed E-state index contributed by atoms with van der Waals surface area (Å²) >= 11 is 0. The van der Waals surface area contributed by atoms with E-state index in [0.29, 0.717) is 25.6 Å². The highest BCUT2D eigenvalue weighted by molar-refractivity contribution is 5.76. The Morgan fingerprint density at radius 2 is 2.00 bits per heavy atom. The Morgan fingerprint density at radius 3 is 2.74 bits per heavy atom. The van der Waals surface area contributed by atoms with Crippen molar-refractivity contribution >= 4 is 5.91 Å². The highest BCUT2D eigenvalue weighted by Gasteiger charge is 2.41. The second-order valence-corrected chi connectivity index (χ2v) is 6.01. The normalized spacial score (nSPS) is 30.7. The van der Waals surface area contributed by atoms with E-state index in [1.807, 2.05) is 4.90 Å². The number of nitrogens with one attached hydrogen (secondary N) is 1. The summed E-state index contributed by atoms with van der Waals surface area (Å²) in [4.78, 5) is 14.2. The van der Waals surface area contributed by atoms with Crippen LogP contribution in [0.2, 0.25) is 0 Å². The maximum Gasteiger partial charge on any atom is 0.223 e. The number of hydrogen-bond acceptors (Lipinski definition) is 4. The third-order valence-electron chi connectivity index (χ3n) is 4.63. The van der Waals surface area contributed by atoms with Crippen molar-refractivity contribution in [2.24, 2.45) is 5.92 Å². The molecule has 1 N–H and O–H groups in total. The number of carbonyl (C=O) groups is 1. The van der Waals surface area contributed by atoms with Crippen molar-refractivity contribution in [1.29, 1.82) is 0 Å². The summed E-state index contributed by atoms with van der Waals surface area (Å²) in [6.45, 7) is 5.72. The van der Waals surface area contributed by atoms with Gasteiger partial charge in [-0.1, -0.05) is 0 Å². The lowest BCUT2D eigenvalue weighted by atomic mass is 9.85. The maximum atomic E-state index is 12.2. The van der Waals surface area contributed by atoms with Gasteiger partial charge < -0.3 is 19.7 Å². The summed E-state index contributed by atoms with van der Waals surface area (Å²) in [7, 11) is 0. The molecule has 108 valence electrons. The molecule has 3 saturated heterocycles. The van der Waals surface area contributed by atoms with Gasteiger partial charge in [-0.25, -0.2) is 0 Å². The van der Waals surface area contributed by atoms with Crippen LogP contribution in [0.4, 0.5) is 0 Å². The molecule has 3 aliphatic rings. The number of morpholine rings is 1. The van der Waals surface area contributed by atoms with Gasteiger partial charge >= 0.3 is 0 Å². The molecule has 0 saturated carbocycles. The van der Waals surface area contributed by atoms with Crippen LogP contribution in [0.3, 0.4) is 0 Å². The Morgan fingerprint density at radius 1 is 1.26 bits per heavy atom. The van der Waals surface area contributed by atoms with Crippen LogP contribution in [0.15, 0.2) is 0 Å². The maximum absolute atomic E-state index is 12.2. The van der Waals surface area contributed by atoms with Gasteiger partial charge in [0, 0.05) is 19.5 Å². The molecule has 5 nitrogen and oxygen atoms in total. The average molecular weight is 268 g/mol. The SMILES string of the molecule is O=C(C[C@H]1COC2(CCNCC2)C1)N1CCOCC1. The van der Waals surface area contributed by atoms with Gasteiger partial charge in [0.25, 0.3) is 0 Å². The van der Waals surface area contributed by atoms with Crippen LogP contribution in [0.1, 0.15) is 25.7 Å². The molecule has 0 aromatic heterocycles. The van der Waals surface area contributed by atoms with Gasteiger partial charge in [0.2, 0.25) is 5.91 Å². The Kier molecular flexibility index (Phi) is 4.05. The third kappa shape index (κ3) is 3.09. The zero-order chi connectivity index (χ0) is 13.1. The molecule has 1 atom stereocenters. The third-order valence-corrected chi connectivity index (χ3v) is 4.63. The quantitative estimate of drug-likeness (QED) is 0.787. The van der Waals surface area contributed by atoms with E-state index in [0.717, 1.165) is 52.0 Å². The molecule has 0 aliphatic carbocycles. The van der Waals surface area contributed by atoms with E-state index in [9.17, 15) is 4.79 Å². The highest BCUT2D eigenvalue weighted by Crippen LogP contribution is 2.38. The minimum atomic E-state index is 0.0706. The van der Waals surface area contributed by atoms with Crippen LogP contribution in [-0.2, 0) is 14.3 Å². The van der Waals surface area contributed by atoms with Crippen LogP contribution >= 0.6 is 0 Å². The largest absolute Gasteiger partial charge is 0.378 e. The summed E-state index contributed by atoms with van der Waals surface area (Å²) in [6, 6.07) is 0. The van der Waals surface area contributed by atoms with Crippen molar-refractivity contribution in [1.82, 2.24) is 10.2 Å². The zero-order valence-corrected chi connectivity index (χ0v) is 11.5.